The van der Waals surface area contributed by atoms with Crippen molar-refractivity contribution in [3.63, 3.8) is 0 Å². The van der Waals surface area contributed by atoms with Crippen LogP contribution in [0.2, 0.25) is 5.02 Å². The summed E-state index contributed by atoms with van der Waals surface area (Å²) in [4.78, 5) is 10.0. The fraction of sp³-hybridized carbons (Fsp3) is 0.0909. The van der Waals surface area contributed by atoms with Gasteiger partial charge in [0.1, 0.15) is 5.76 Å². The third kappa shape index (κ3) is 2.55. The van der Waals surface area contributed by atoms with Crippen LogP contribution in [0.3, 0.4) is 0 Å². The Morgan fingerprint density at radius 1 is 1.32 bits per heavy atom. The maximum Gasteiger partial charge on any atom is 0.417 e. The molecule has 1 heterocycles. The molecule has 0 aliphatic carbocycles. The van der Waals surface area contributed by atoms with E-state index in [4.69, 9.17) is 16.0 Å². The van der Waals surface area contributed by atoms with Crippen molar-refractivity contribution < 1.29 is 22.5 Å². The summed E-state index contributed by atoms with van der Waals surface area (Å²) in [6.45, 7) is 0. The van der Waals surface area contributed by atoms with E-state index in [0.717, 1.165) is 0 Å². The fourth-order valence-corrected chi connectivity index (χ4v) is 1.83. The molecule has 0 saturated carbocycles. The van der Waals surface area contributed by atoms with Crippen LogP contribution < -0.4 is 0 Å². The second-order valence-electron chi connectivity index (χ2n) is 3.58. The molecule has 1 aromatic heterocycles. The molecule has 1 aromatic carbocycles. The van der Waals surface area contributed by atoms with Gasteiger partial charge in [-0.1, -0.05) is 11.6 Å². The third-order valence-electron chi connectivity index (χ3n) is 2.37. The minimum atomic E-state index is -4.70. The van der Waals surface area contributed by atoms with Crippen LogP contribution in [0, 0.1) is 10.1 Å². The van der Waals surface area contributed by atoms with E-state index in [1.165, 1.54) is 18.4 Å². The van der Waals surface area contributed by atoms with Crippen LogP contribution in [0.15, 0.2) is 34.9 Å². The van der Waals surface area contributed by atoms with Gasteiger partial charge in [-0.15, -0.1) is 0 Å². The molecule has 0 N–H and O–H groups in total. The lowest BCUT2D eigenvalue weighted by atomic mass is 10.1. The molecule has 100 valence electrons. The minimum absolute atomic E-state index is 0.0335. The Kier molecular flexibility index (Phi) is 3.23. The first-order chi connectivity index (χ1) is 8.80. The normalized spacial score (nSPS) is 11.6. The van der Waals surface area contributed by atoms with Crippen molar-refractivity contribution in [3.8, 4) is 11.3 Å². The lowest BCUT2D eigenvalue weighted by molar-refractivity contribution is -0.384. The number of nitro benzene ring substituents is 1. The van der Waals surface area contributed by atoms with Gasteiger partial charge in [-0.3, -0.25) is 10.1 Å². The minimum Gasteiger partial charge on any atom is -0.464 e. The van der Waals surface area contributed by atoms with Gasteiger partial charge in [0, 0.05) is 6.07 Å². The summed E-state index contributed by atoms with van der Waals surface area (Å²) in [5.41, 5.74) is -1.97. The van der Waals surface area contributed by atoms with E-state index in [0.29, 0.717) is 12.1 Å². The molecule has 0 aliphatic rings. The van der Waals surface area contributed by atoms with E-state index in [-0.39, 0.29) is 11.3 Å². The van der Waals surface area contributed by atoms with Crippen molar-refractivity contribution in [2.24, 2.45) is 0 Å². The van der Waals surface area contributed by atoms with Gasteiger partial charge in [0.15, 0.2) is 0 Å². The lowest BCUT2D eigenvalue weighted by Crippen LogP contribution is -2.07. The van der Waals surface area contributed by atoms with Crippen molar-refractivity contribution in [1.29, 1.82) is 0 Å². The Labute approximate surface area is 109 Å². The van der Waals surface area contributed by atoms with Gasteiger partial charge in [-0.25, -0.2) is 0 Å². The summed E-state index contributed by atoms with van der Waals surface area (Å²) in [6.07, 6.45) is -3.49. The zero-order valence-electron chi connectivity index (χ0n) is 9.07. The second-order valence-corrected chi connectivity index (χ2v) is 3.99. The number of benzene rings is 1. The van der Waals surface area contributed by atoms with Gasteiger partial charge in [0.25, 0.3) is 5.69 Å². The highest BCUT2D eigenvalue weighted by molar-refractivity contribution is 6.31. The van der Waals surface area contributed by atoms with Crippen molar-refractivity contribution in [1.82, 2.24) is 0 Å². The molecule has 4 nitrogen and oxygen atoms in total. The van der Waals surface area contributed by atoms with E-state index >= 15 is 0 Å². The van der Waals surface area contributed by atoms with Gasteiger partial charge in [0.2, 0.25) is 0 Å². The zero-order chi connectivity index (χ0) is 14.2. The van der Waals surface area contributed by atoms with Gasteiger partial charge in [-0.05, 0) is 18.2 Å². The summed E-state index contributed by atoms with van der Waals surface area (Å²) >= 11 is 5.44. The number of hydrogen-bond acceptors (Lipinski definition) is 3. The summed E-state index contributed by atoms with van der Waals surface area (Å²) in [5, 5.41) is 10.1. The highest BCUT2D eigenvalue weighted by Crippen LogP contribution is 2.41. The predicted molar refractivity (Wildman–Crippen MR) is 60.8 cm³/mol. The van der Waals surface area contributed by atoms with Crippen LogP contribution in [0.1, 0.15) is 5.56 Å². The first-order valence-electron chi connectivity index (χ1n) is 4.89. The van der Waals surface area contributed by atoms with Crippen LogP contribution in [0.4, 0.5) is 18.9 Å². The third-order valence-corrected chi connectivity index (χ3v) is 2.69. The molecule has 2 aromatic rings. The van der Waals surface area contributed by atoms with Crippen LogP contribution in [-0.4, -0.2) is 4.92 Å². The van der Waals surface area contributed by atoms with E-state index in [2.05, 4.69) is 0 Å². The van der Waals surface area contributed by atoms with Crippen molar-refractivity contribution in [2.45, 2.75) is 6.18 Å². The SMILES string of the molecule is O=[N+]([O-])c1cc(Cl)c(C(F)(F)F)cc1-c1ccco1. The van der Waals surface area contributed by atoms with Crippen molar-refractivity contribution in [2.75, 3.05) is 0 Å². The molecule has 0 aliphatic heterocycles. The second kappa shape index (κ2) is 4.58. The number of furan rings is 1. The molecule has 0 saturated heterocycles. The number of nitrogens with zero attached hydrogens (tertiary/aromatic N) is 1. The molecule has 0 atom stereocenters. The highest BCUT2D eigenvalue weighted by atomic mass is 35.5. The topological polar surface area (TPSA) is 56.3 Å². The summed E-state index contributed by atoms with van der Waals surface area (Å²) in [5.74, 6) is -0.0335. The van der Waals surface area contributed by atoms with Crippen LogP contribution >= 0.6 is 11.6 Å². The molecule has 0 unspecified atom stereocenters. The molecule has 0 radical (unpaired) electrons. The fourth-order valence-electron chi connectivity index (χ4n) is 1.56. The molecule has 2 rings (SSSR count). The van der Waals surface area contributed by atoms with Gasteiger partial charge >= 0.3 is 6.18 Å². The number of nitro groups is 1. The van der Waals surface area contributed by atoms with E-state index < -0.39 is 27.4 Å². The molecule has 8 heteroatoms. The average Bonchev–Trinajstić information content (AvgIpc) is 2.80. The van der Waals surface area contributed by atoms with Gasteiger partial charge in [-0.2, -0.15) is 13.2 Å². The molecule has 0 bridgehead atoms. The maximum atomic E-state index is 12.7. The first-order valence-corrected chi connectivity index (χ1v) is 5.27. The zero-order valence-corrected chi connectivity index (χ0v) is 9.83. The molecule has 0 spiro atoms. The smallest absolute Gasteiger partial charge is 0.417 e. The lowest BCUT2D eigenvalue weighted by Gasteiger charge is -2.10. The monoisotopic (exact) mass is 291 g/mol. The number of rotatable bonds is 2. The highest BCUT2D eigenvalue weighted by Gasteiger charge is 2.36. The molecular weight excluding hydrogens is 287 g/mol. The van der Waals surface area contributed by atoms with E-state index in [1.54, 1.807) is 0 Å². The molecular formula is C11H5ClF3NO3. The summed E-state index contributed by atoms with van der Waals surface area (Å²) in [7, 11) is 0. The van der Waals surface area contributed by atoms with Crippen molar-refractivity contribution >= 4 is 17.3 Å². The Morgan fingerprint density at radius 3 is 2.47 bits per heavy atom. The summed E-state index contributed by atoms with van der Waals surface area (Å²) in [6, 6.07) is 4.03. The summed E-state index contributed by atoms with van der Waals surface area (Å²) < 4.78 is 43.1. The van der Waals surface area contributed by atoms with Crippen LogP contribution in [-0.2, 0) is 6.18 Å². The van der Waals surface area contributed by atoms with Gasteiger partial charge < -0.3 is 4.42 Å². The Hall–Kier alpha value is -2.02. The molecule has 0 fully saturated rings. The van der Waals surface area contributed by atoms with Crippen molar-refractivity contribution in [3.05, 3.63) is 51.2 Å². The molecule has 19 heavy (non-hydrogen) atoms. The maximum absolute atomic E-state index is 12.7. The standard InChI is InChI=1S/C11H5ClF3NO3/c12-8-5-9(16(17)18)6(10-2-1-3-19-10)4-7(8)11(13,14)15/h1-5H. The average molecular weight is 292 g/mol. The Balaban J connectivity index is 2.72. The number of hydrogen-bond donors (Lipinski definition) is 0. The Morgan fingerprint density at radius 2 is 2.00 bits per heavy atom. The number of alkyl halides is 3. The first kappa shape index (κ1) is 13.4. The Bertz CT molecular complexity index is 623. The van der Waals surface area contributed by atoms with Crippen LogP contribution in [0.25, 0.3) is 11.3 Å². The van der Waals surface area contributed by atoms with Gasteiger partial charge in [0.05, 0.1) is 27.3 Å². The molecule has 0 amide bonds. The number of halogens is 4. The van der Waals surface area contributed by atoms with E-state index in [1.807, 2.05) is 0 Å². The quantitative estimate of drug-likeness (QED) is 0.603. The van der Waals surface area contributed by atoms with Crippen LogP contribution in [0.5, 0.6) is 0 Å². The predicted octanol–water partition coefficient (Wildman–Crippen LogP) is 4.53. The van der Waals surface area contributed by atoms with E-state index in [9.17, 15) is 23.3 Å². The largest absolute Gasteiger partial charge is 0.464 e.